The Morgan fingerprint density at radius 1 is 1.56 bits per heavy atom. The first-order valence-corrected chi connectivity index (χ1v) is 7.11. The van der Waals surface area contributed by atoms with E-state index < -0.39 is 10.0 Å². The third kappa shape index (κ3) is 3.34. The van der Waals surface area contributed by atoms with Crippen molar-refractivity contribution in [2.75, 3.05) is 33.4 Å². The summed E-state index contributed by atoms with van der Waals surface area (Å²) in [5.74, 6) is 0.431. The van der Waals surface area contributed by atoms with Gasteiger partial charge in [0.1, 0.15) is 0 Å². The molecule has 0 aromatic heterocycles. The molecule has 1 aliphatic rings. The summed E-state index contributed by atoms with van der Waals surface area (Å²) in [5, 5.41) is 0. The first-order valence-electron chi connectivity index (χ1n) is 5.26. The minimum atomic E-state index is -3.11. The largest absolute Gasteiger partial charge is 0.370 e. The summed E-state index contributed by atoms with van der Waals surface area (Å²) in [7, 11) is 0.505. The van der Waals surface area contributed by atoms with Crippen molar-refractivity contribution in [3.05, 3.63) is 0 Å². The standard InChI is InChI=1S/C9H20N4O2S/c1-12(2)9(10)11-7-8-5-4-6-13(8)16(3,14)15/h8H,4-7H2,1-3H3,(H2,10,11)/t8-/m1/s1. The van der Waals surface area contributed by atoms with Gasteiger partial charge < -0.3 is 10.6 Å². The molecule has 0 unspecified atom stereocenters. The van der Waals surface area contributed by atoms with Gasteiger partial charge in [-0.2, -0.15) is 4.31 Å². The van der Waals surface area contributed by atoms with Crippen LogP contribution >= 0.6 is 0 Å². The van der Waals surface area contributed by atoms with E-state index in [9.17, 15) is 8.42 Å². The maximum Gasteiger partial charge on any atom is 0.211 e. The van der Waals surface area contributed by atoms with Crippen molar-refractivity contribution < 1.29 is 8.42 Å². The topological polar surface area (TPSA) is 79.0 Å². The predicted octanol–water partition coefficient (Wildman–Crippen LogP) is -0.713. The molecule has 1 rings (SSSR count). The molecule has 0 radical (unpaired) electrons. The van der Waals surface area contributed by atoms with Gasteiger partial charge in [-0.15, -0.1) is 0 Å². The van der Waals surface area contributed by atoms with Crippen LogP contribution in [0.4, 0.5) is 0 Å². The Morgan fingerprint density at radius 3 is 2.69 bits per heavy atom. The second-order valence-corrected chi connectivity index (χ2v) is 6.20. The zero-order valence-electron chi connectivity index (χ0n) is 10.0. The van der Waals surface area contributed by atoms with E-state index in [4.69, 9.17) is 5.73 Å². The molecule has 16 heavy (non-hydrogen) atoms. The van der Waals surface area contributed by atoms with Gasteiger partial charge in [0.05, 0.1) is 12.8 Å². The highest BCUT2D eigenvalue weighted by molar-refractivity contribution is 7.88. The highest BCUT2D eigenvalue weighted by Gasteiger charge is 2.30. The number of hydrogen-bond acceptors (Lipinski definition) is 3. The van der Waals surface area contributed by atoms with Crippen molar-refractivity contribution in [1.29, 1.82) is 0 Å². The number of sulfonamides is 1. The molecule has 1 aliphatic heterocycles. The molecule has 0 saturated carbocycles. The van der Waals surface area contributed by atoms with Gasteiger partial charge in [-0.05, 0) is 12.8 Å². The van der Waals surface area contributed by atoms with Gasteiger partial charge in [0.25, 0.3) is 0 Å². The number of hydrogen-bond donors (Lipinski definition) is 1. The van der Waals surface area contributed by atoms with E-state index >= 15 is 0 Å². The molecule has 7 heteroatoms. The Balaban J connectivity index is 2.65. The molecule has 0 amide bonds. The lowest BCUT2D eigenvalue weighted by molar-refractivity contribution is 0.396. The van der Waals surface area contributed by atoms with Crippen LogP contribution in [0.3, 0.4) is 0 Å². The second kappa shape index (κ2) is 5.01. The molecule has 0 spiro atoms. The summed E-state index contributed by atoms with van der Waals surface area (Å²) in [5.41, 5.74) is 5.66. The fourth-order valence-corrected chi connectivity index (χ4v) is 2.94. The number of nitrogens with two attached hydrogens (primary N) is 1. The van der Waals surface area contributed by atoms with E-state index in [1.807, 2.05) is 14.1 Å². The zero-order valence-corrected chi connectivity index (χ0v) is 10.9. The molecule has 94 valence electrons. The molecule has 2 N–H and O–H groups in total. The molecule has 6 nitrogen and oxygen atoms in total. The van der Waals surface area contributed by atoms with Crippen LogP contribution in [0.5, 0.6) is 0 Å². The third-order valence-corrected chi connectivity index (χ3v) is 4.00. The lowest BCUT2D eigenvalue weighted by Crippen LogP contribution is -2.38. The van der Waals surface area contributed by atoms with Crippen molar-refractivity contribution in [3.8, 4) is 0 Å². The summed E-state index contributed by atoms with van der Waals surface area (Å²) >= 11 is 0. The van der Waals surface area contributed by atoms with Gasteiger partial charge in [-0.25, -0.2) is 8.42 Å². The van der Waals surface area contributed by atoms with Crippen molar-refractivity contribution >= 4 is 16.0 Å². The summed E-state index contributed by atoms with van der Waals surface area (Å²) in [6, 6.07) is -0.0338. The molecule has 0 bridgehead atoms. The van der Waals surface area contributed by atoms with Crippen LogP contribution < -0.4 is 5.73 Å². The minimum Gasteiger partial charge on any atom is -0.370 e. The molecule has 0 aromatic carbocycles. The fraction of sp³-hybridized carbons (Fsp3) is 0.889. The number of aliphatic imine (C=N–C) groups is 1. The Bertz CT molecular complexity index is 364. The highest BCUT2D eigenvalue weighted by atomic mass is 32.2. The van der Waals surface area contributed by atoms with Gasteiger partial charge in [-0.3, -0.25) is 4.99 Å². The number of rotatable bonds is 3. The van der Waals surface area contributed by atoms with E-state index in [1.54, 1.807) is 4.90 Å². The van der Waals surface area contributed by atoms with Gasteiger partial charge in [-0.1, -0.05) is 0 Å². The number of nitrogens with zero attached hydrogens (tertiary/aromatic N) is 3. The van der Waals surface area contributed by atoms with Crippen LogP contribution in [0.2, 0.25) is 0 Å². The van der Waals surface area contributed by atoms with Crippen LogP contribution in [0.15, 0.2) is 4.99 Å². The number of guanidine groups is 1. The summed E-state index contributed by atoms with van der Waals surface area (Å²) in [6.45, 7) is 1.04. The van der Waals surface area contributed by atoms with Crippen molar-refractivity contribution in [3.63, 3.8) is 0 Å². The van der Waals surface area contributed by atoms with Crippen LogP contribution in [-0.4, -0.2) is 63.1 Å². The average molecular weight is 248 g/mol. The fourth-order valence-electron chi connectivity index (χ4n) is 1.77. The molecule has 1 heterocycles. The van der Waals surface area contributed by atoms with Crippen LogP contribution in [0.25, 0.3) is 0 Å². The molecule has 1 saturated heterocycles. The molecule has 0 aliphatic carbocycles. The molecule has 1 atom stereocenters. The first-order chi connectivity index (χ1) is 7.32. The van der Waals surface area contributed by atoms with Crippen molar-refractivity contribution in [1.82, 2.24) is 9.21 Å². The van der Waals surface area contributed by atoms with Crippen molar-refractivity contribution in [2.24, 2.45) is 10.7 Å². The van der Waals surface area contributed by atoms with Gasteiger partial charge in [0, 0.05) is 26.7 Å². The van der Waals surface area contributed by atoms with E-state index in [0.717, 1.165) is 12.8 Å². The average Bonchev–Trinajstić information content (AvgIpc) is 2.60. The van der Waals surface area contributed by atoms with E-state index in [-0.39, 0.29) is 6.04 Å². The predicted molar refractivity (Wildman–Crippen MR) is 64.7 cm³/mol. The first kappa shape index (κ1) is 13.2. The quantitative estimate of drug-likeness (QED) is 0.528. The Hall–Kier alpha value is -0.820. The second-order valence-electron chi connectivity index (χ2n) is 4.26. The molecule has 1 fully saturated rings. The van der Waals surface area contributed by atoms with Crippen LogP contribution in [0.1, 0.15) is 12.8 Å². The smallest absolute Gasteiger partial charge is 0.211 e. The van der Waals surface area contributed by atoms with E-state index in [2.05, 4.69) is 4.99 Å². The third-order valence-electron chi connectivity index (χ3n) is 2.67. The van der Waals surface area contributed by atoms with Crippen LogP contribution in [0, 0.1) is 0 Å². The highest BCUT2D eigenvalue weighted by Crippen LogP contribution is 2.20. The van der Waals surface area contributed by atoms with Gasteiger partial charge >= 0.3 is 0 Å². The SMILES string of the molecule is CN(C)C(N)=NC[C@H]1CCCN1S(C)(=O)=O. The summed E-state index contributed by atoms with van der Waals surface area (Å²) in [6.07, 6.45) is 3.00. The van der Waals surface area contributed by atoms with Gasteiger partial charge in [0.15, 0.2) is 5.96 Å². The van der Waals surface area contributed by atoms with Gasteiger partial charge in [0.2, 0.25) is 10.0 Å². The monoisotopic (exact) mass is 248 g/mol. The van der Waals surface area contributed by atoms with Crippen molar-refractivity contribution in [2.45, 2.75) is 18.9 Å². The zero-order chi connectivity index (χ0) is 12.3. The maximum atomic E-state index is 11.5. The normalized spacial score (nSPS) is 23.7. The maximum absolute atomic E-state index is 11.5. The Morgan fingerprint density at radius 2 is 2.19 bits per heavy atom. The Labute approximate surface area is 97.2 Å². The van der Waals surface area contributed by atoms with E-state index in [0.29, 0.717) is 19.0 Å². The minimum absolute atomic E-state index is 0.0338. The molecule has 0 aromatic rings. The lowest BCUT2D eigenvalue weighted by Gasteiger charge is -2.21. The lowest BCUT2D eigenvalue weighted by atomic mass is 10.2. The van der Waals surface area contributed by atoms with Crippen LogP contribution in [-0.2, 0) is 10.0 Å². The molecular weight excluding hydrogens is 228 g/mol. The Kier molecular flexibility index (Phi) is 4.15. The van der Waals surface area contributed by atoms with E-state index in [1.165, 1.54) is 10.6 Å². The summed E-state index contributed by atoms with van der Waals surface area (Å²) < 4.78 is 24.4. The molecular formula is C9H20N4O2S. The summed E-state index contributed by atoms with van der Waals surface area (Å²) in [4.78, 5) is 5.89.